The maximum atomic E-state index is 5.98. The number of rotatable bonds is 3. The molecule has 1 heterocycles. The highest BCUT2D eigenvalue weighted by Gasteiger charge is 2.13. The molecule has 0 aliphatic rings. The van der Waals surface area contributed by atoms with Crippen molar-refractivity contribution in [3.05, 3.63) is 21.1 Å². The Bertz CT molecular complexity index is 301. The van der Waals surface area contributed by atoms with Crippen molar-refractivity contribution in [3.63, 3.8) is 0 Å². The zero-order chi connectivity index (χ0) is 10.7. The fraction of sp³-hybridized carbons (Fsp3) is 0.600. The summed E-state index contributed by atoms with van der Waals surface area (Å²) in [6, 6.07) is 0. The van der Waals surface area contributed by atoms with Crippen LogP contribution in [0.2, 0.25) is 5.15 Å². The number of aryl methyl sites for hydroxylation is 1. The SMILES string of the molecule is CCC(CC)c1nc(C)c(Br)c(Cl)n1. The van der Waals surface area contributed by atoms with Crippen molar-refractivity contribution in [3.8, 4) is 0 Å². The van der Waals surface area contributed by atoms with Gasteiger partial charge in [0.1, 0.15) is 11.0 Å². The van der Waals surface area contributed by atoms with Crippen LogP contribution in [0.15, 0.2) is 4.47 Å². The Morgan fingerprint density at radius 2 is 1.86 bits per heavy atom. The minimum atomic E-state index is 0.416. The molecule has 1 aromatic heterocycles. The summed E-state index contributed by atoms with van der Waals surface area (Å²) in [6.45, 7) is 6.22. The highest BCUT2D eigenvalue weighted by molar-refractivity contribution is 9.10. The van der Waals surface area contributed by atoms with Crippen LogP contribution in [0.3, 0.4) is 0 Å². The molecule has 1 rings (SSSR count). The van der Waals surface area contributed by atoms with Crippen LogP contribution in [-0.4, -0.2) is 9.97 Å². The lowest BCUT2D eigenvalue weighted by Crippen LogP contribution is -2.04. The molecular weight excluding hydrogens is 263 g/mol. The first kappa shape index (κ1) is 11.9. The van der Waals surface area contributed by atoms with E-state index >= 15 is 0 Å². The molecule has 0 aromatic carbocycles. The van der Waals surface area contributed by atoms with Crippen molar-refractivity contribution in [2.75, 3.05) is 0 Å². The minimum absolute atomic E-state index is 0.416. The number of hydrogen-bond donors (Lipinski definition) is 0. The van der Waals surface area contributed by atoms with Gasteiger partial charge in [0.25, 0.3) is 0 Å². The Morgan fingerprint density at radius 3 is 2.29 bits per heavy atom. The molecule has 0 fully saturated rings. The normalized spacial score (nSPS) is 11.0. The Morgan fingerprint density at radius 1 is 1.29 bits per heavy atom. The van der Waals surface area contributed by atoms with Gasteiger partial charge >= 0.3 is 0 Å². The molecule has 1 aromatic rings. The lowest BCUT2D eigenvalue weighted by atomic mass is 10.0. The first-order chi connectivity index (χ1) is 6.60. The van der Waals surface area contributed by atoms with Gasteiger partial charge < -0.3 is 0 Å². The van der Waals surface area contributed by atoms with Crippen LogP contribution >= 0.6 is 27.5 Å². The molecule has 4 heteroatoms. The number of halogens is 2. The van der Waals surface area contributed by atoms with E-state index in [9.17, 15) is 0 Å². The van der Waals surface area contributed by atoms with Gasteiger partial charge in [-0.25, -0.2) is 9.97 Å². The Balaban J connectivity index is 3.11. The summed E-state index contributed by atoms with van der Waals surface area (Å²) in [5.74, 6) is 1.28. The lowest BCUT2D eigenvalue weighted by Gasteiger charge is -2.12. The number of hydrogen-bond acceptors (Lipinski definition) is 2. The third-order valence-electron chi connectivity index (χ3n) is 2.34. The standard InChI is InChI=1S/C10H14BrClN2/c1-4-7(5-2)10-13-6(3)8(11)9(12)14-10/h7H,4-5H2,1-3H3. The topological polar surface area (TPSA) is 25.8 Å². The molecule has 0 unspecified atom stereocenters. The van der Waals surface area contributed by atoms with E-state index in [4.69, 9.17) is 11.6 Å². The van der Waals surface area contributed by atoms with Crippen LogP contribution in [0.4, 0.5) is 0 Å². The first-order valence-electron chi connectivity index (χ1n) is 4.79. The molecule has 14 heavy (non-hydrogen) atoms. The molecule has 0 bridgehead atoms. The molecular formula is C10H14BrClN2. The van der Waals surface area contributed by atoms with Crippen molar-refractivity contribution >= 4 is 27.5 Å². The van der Waals surface area contributed by atoms with E-state index in [-0.39, 0.29) is 0 Å². The lowest BCUT2D eigenvalue weighted by molar-refractivity contribution is 0.599. The molecule has 0 aliphatic heterocycles. The van der Waals surface area contributed by atoms with Gasteiger partial charge in [-0.05, 0) is 35.7 Å². The second kappa shape index (κ2) is 5.08. The summed E-state index contributed by atoms with van der Waals surface area (Å²) < 4.78 is 0.800. The van der Waals surface area contributed by atoms with Crippen LogP contribution in [0.25, 0.3) is 0 Å². The zero-order valence-electron chi connectivity index (χ0n) is 8.64. The maximum absolute atomic E-state index is 5.98. The van der Waals surface area contributed by atoms with Gasteiger partial charge in [-0.3, -0.25) is 0 Å². The van der Waals surface area contributed by atoms with E-state index in [1.165, 1.54) is 0 Å². The average molecular weight is 278 g/mol. The fourth-order valence-corrected chi connectivity index (χ4v) is 1.78. The molecule has 2 nitrogen and oxygen atoms in total. The van der Waals surface area contributed by atoms with Crippen molar-refractivity contribution in [2.24, 2.45) is 0 Å². The minimum Gasteiger partial charge on any atom is -0.237 e. The van der Waals surface area contributed by atoms with E-state index in [1.807, 2.05) is 6.92 Å². The van der Waals surface area contributed by atoms with Gasteiger partial charge in [0.15, 0.2) is 0 Å². The predicted molar refractivity (Wildman–Crippen MR) is 62.8 cm³/mol. The van der Waals surface area contributed by atoms with Gasteiger partial charge in [0, 0.05) is 5.92 Å². The summed E-state index contributed by atoms with van der Waals surface area (Å²) in [6.07, 6.45) is 2.10. The first-order valence-corrected chi connectivity index (χ1v) is 5.96. The molecule has 0 saturated heterocycles. The van der Waals surface area contributed by atoms with Gasteiger partial charge in [-0.1, -0.05) is 25.4 Å². The Kier molecular flexibility index (Phi) is 4.32. The number of nitrogens with zero attached hydrogens (tertiary/aromatic N) is 2. The van der Waals surface area contributed by atoms with Gasteiger partial charge in [0.05, 0.1) is 10.2 Å². The van der Waals surface area contributed by atoms with Gasteiger partial charge in [-0.2, -0.15) is 0 Å². The summed E-state index contributed by atoms with van der Waals surface area (Å²) >= 11 is 9.33. The van der Waals surface area contributed by atoms with Crippen molar-refractivity contribution < 1.29 is 0 Å². The molecule has 0 spiro atoms. The Labute approximate surface area is 98.2 Å². The number of aromatic nitrogens is 2. The molecule has 0 saturated carbocycles. The second-order valence-electron chi connectivity index (χ2n) is 3.29. The molecule has 0 atom stereocenters. The van der Waals surface area contributed by atoms with Crippen molar-refractivity contribution in [2.45, 2.75) is 39.5 Å². The van der Waals surface area contributed by atoms with E-state index in [1.54, 1.807) is 0 Å². The van der Waals surface area contributed by atoms with E-state index < -0.39 is 0 Å². The highest BCUT2D eigenvalue weighted by atomic mass is 79.9. The fourth-order valence-electron chi connectivity index (χ4n) is 1.38. The maximum Gasteiger partial charge on any atom is 0.147 e. The molecule has 0 N–H and O–H groups in total. The quantitative estimate of drug-likeness (QED) is 0.777. The van der Waals surface area contributed by atoms with Gasteiger partial charge in [0.2, 0.25) is 0 Å². The third kappa shape index (κ3) is 2.45. The van der Waals surface area contributed by atoms with Crippen molar-refractivity contribution in [1.82, 2.24) is 9.97 Å². The smallest absolute Gasteiger partial charge is 0.147 e. The van der Waals surface area contributed by atoms with Crippen LogP contribution in [0.1, 0.15) is 44.1 Å². The largest absolute Gasteiger partial charge is 0.237 e. The molecule has 0 aliphatic carbocycles. The Hall–Kier alpha value is -0.150. The molecule has 78 valence electrons. The second-order valence-corrected chi connectivity index (χ2v) is 4.44. The van der Waals surface area contributed by atoms with Gasteiger partial charge in [-0.15, -0.1) is 0 Å². The van der Waals surface area contributed by atoms with E-state index in [0.29, 0.717) is 11.1 Å². The molecule has 0 radical (unpaired) electrons. The van der Waals surface area contributed by atoms with Crippen LogP contribution in [0, 0.1) is 6.92 Å². The molecule has 0 amide bonds. The monoisotopic (exact) mass is 276 g/mol. The average Bonchev–Trinajstić information content (AvgIpc) is 2.16. The van der Waals surface area contributed by atoms with Crippen molar-refractivity contribution in [1.29, 1.82) is 0 Å². The zero-order valence-corrected chi connectivity index (χ0v) is 11.0. The summed E-state index contributed by atoms with van der Waals surface area (Å²) in [5.41, 5.74) is 0.909. The summed E-state index contributed by atoms with van der Waals surface area (Å²) in [7, 11) is 0. The van der Waals surface area contributed by atoms with E-state index in [0.717, 1.165) is 28.8 Å². The highest BCUT2D eigenvalue weighted by Crippen LogP contribution is 2.27. The van der Waals surface area contributed by atoms with Crippen LogP contribution in [0.5, 0.6) is 0 Å². The predicted octanol–water partition coefficient (Wildman–Crippen LogP) is 4.10. The third-order valence-corrected chi connectivity index (χ3v) is 3.80. The summed E-state index contributed by atoms with van der Waals surface area (Å²) in [4.78, 5) is 8.72. The van der Waals surface area contributed by atoms with Crippen LogP contribution in [-0.2, 0) is 0 Å². The van der Waals surface area contributed by atoms with E-state index in [2.05, 4.69) is 39.7 Å². The summed E-state index contributed by atoms with van der Waals surface area (Å²) in [5, 5.41) is 0.513. The van der Waals surface area contributed by atoms with Crippen LogP contribution < -0.4 is 0 Å².